The van der Waals surface area contributed by atoms with Gasteiger partial charge in [0, 0.05) is 5.02 Å². The van der Waals surface area contributed by atoms with E-state index in [1.165, 1.54) is 0 Å². The normalized spacial score (nSPS) is 11.3. The highest BCUT2D eigenvalue weighted by Crippen LogP contribution is 2.11. The van der Waals surface area contributed by atoms with Gasteiger partial charge in [-0.25, -0.2) is 0 Å². The molecule has 0 aliphatic heterocycles. The number of rotatable bonds is 5. The van der Waals surface area contributed by atoms with Crippen molar-refractivity contribution in [1.29, 1.82) is 0 Å². The predicted octanol–water partition coefficient (Wildman–Crippen LogP) is 3.59. The lowest BCUT2D eigenvalue weighted by Gasteiger charge is -2.19. The fourth-order valence-electron chi connectivity index (χ4n) is 1.32. The molecule has 0 saturated heterocycles. The van der Waals surface area contributed by atoms with Crippen LogP contribution in [0, 0.1) is 0 Å². The maximum Gasteiger partial charge on any atom is 0.308 e. The first kappa shape index (κ1) is 15.0. The fraction of sp³-hybridized carbons (Fsp3) is 0.500. The molecular formula is C14H19ClO3. The number of carbonyl (C=O) groups excluding carboxylic acids is 1. The van der Waals surface area contributed by atoms with Crippen molar-refractivity contribution in [2.75, 3.05) is 6.61 Å². The Kier molecular flexibility index (Phi) is 5.63. The minimum Gasteiger partial charge on any atom is -0.460 e. The van der Waals surface area contributed by atoms with Crippen molar-refractivity contribution < 1.29 is 14.3 Å². The quantitative estimate of drug-likeness (QED) is 0.606. The molecule has 0 amide bonds. The standard InChI is InChI=1S/C14H19ClO3/c1-14(2,3)18-13(16)8-9-17-10-11-4-6-12(15)7-5-11/h4-7H,8-10H2,1-3H3. The van der Waals surface area contributed by atoms with E-state index in [2.05, 4.69) is 0 Å². The third kappa shape index (κ3) is 6.62. The van der Waals surface area contributed by atoms with E-state index >= 15 is 0 Å². The van der Waals surface area contributed by atoms with Crippen LogP contribution in [0.1, 0.15) is 32.8 Å². The highest BCUT2D eigenvalue weighted by atomic mass is 35.5. The number of carbonyl (C=O) groups is 1. The van der Waals surface area contributed by atoms with Gasteiger partial charge < -0.3 is 9.47 Å². The number of benzene rings is 1. The second-order valence-corrected chi connectivity index (χ2v) is 5.45. The molecule has 0 aliphatic rings. The molecule has 3 nitrogen and oxygen atoms in total. The van der Waals surface area contributed by atoms with Gasteiger partial charge in [-0.1, -0.05) is 23.7 Å². The molecule has 0 spiro atoms. The predicted molar refractivity (Wildman–Crippen MR) is 71.6 cm³/mol. The Balaban J connectivity index is 2.19. The Hall–Kier alpha value is -1.06. The summed E-state index contributed by atoms with van der Waals surface area (Å²) in [5, 5.41) is 0.701. The van der Waals surface area contributed by atoms with Crippen molar-refractivity contribution in [3.8, 4) is 0 Å². The Morgan fingerprint density at radius 2 is 1.83 bits per heavy atom. The molecule has 100 valence electrons. The molecule has 1 rings (SSSR count). The van der Waals surface area contributed by atoms with E-state index in [1.54, 1.807) is 0 Å². The second-order valence-electron chi connectivity index (χ2n) is 5.02. The SMILES string of the molecule is CC(C)(C)OC(=O)CCOCc1ccc(Cl)cc1. The molecule has 0 aromatic heterocycles. The first-order chi connectivity index (χ1) is 8.37. The van der Waals surface area contributed by atoms with E-state index in [0.717, 1.165) is 5.56 Å². The molecule has 0 saturated carbocycles. The summed E-state index contributed by atoms with van der Waals surface area (Å²) in [7, 11) is 0. The zero-order valence-corrected chi connectivity index (χ0v) is 11.8. The molecule has 0 N–H and O–H groups in total. The monoisotopic (exact) mass is 270 g/mol. The van der Waals surface area contributed by atoms with E-state index < -0.39 is 5.60 Å². The van der Waals surface area contributed by atoms with Gasteiger partial charge in [0.25, 0.3) is 0 Å². The maximum atomic E-state index is 11.4. The third-order valence-electron chi connectivity index (χ3n) is 2.05. The molecule has 1 aromatic rings. The van der Waals surface area contributed by atoms with Gasteiger partial charge in [0.1, 0.15) is 5.60 Å². The Bertz CT molecular complexity index is 379. The summed E-state index contributed by atoms with van der Waals surface area (Å²) >= 11 is 5.77. The highest BCUT2D eigenvalue weighted by molar-refractivity contribution is 6.30. The van der Waals surface area contributed by atoms with Crippen LogP contribution >= 0.6 is 11.6 Å². The Morgan fingerprint density at radius 3 is 2.39 bits per heavy atom. The lowest BCUT2D eigenvalue weighted by molar-refractivity contribution is -0.156. The summed E-state index contributed by atoms with van der Waals surface area (Å²) in [6, 6.07) is 7.42. The molecule has 0 atom stereocenters. The van der Waals surface area contributed by atoms with Crippen LogP contribution in [-0.2, 0) is 20.9 Å². The van der Waals surface area contributed by atoms with Crippen molar-refractivity contribution in [2.24, 2.45) is 0 Å². The second kappa shape index (κ2) is 6.76. The summed E-state index contributed by atoms with van der Waals surface area (Å²) in [5.41, 5.74) is 0.594. The molecule has 0 bridgehead atoms. The van der Waals surface area contributed by atoms with E-state index in [-0.39, 0.29) is 12.4 Å². The molecule has 1 aromatic carbocycles. The average Bonchev–Trinajstić information content (AvgIpc) is 2.24. The molecule has 0 heterocycles. The smallest absolute Gasteiger partial charge is 0.308 e. The van der Waals surface area contributed by atoms with Crippen molar-refractivity contribution >= 4 is 17.6 Å². The van der Waals surface area contributed by atoms with Gasteiger partial charge in [0.15, 0.2) is 0 Å². The fourth-order valence-corrected chi connectivity index (χ4v) is 1.44. The van der Waals surface area contributed by atoms with Gasteiger partial charge >= 0.3 is 5.97 Å². The van der Waals surface area contributed by atoms with Crippen molar-refractivity contribution in [1.82, 2.24) is 0 Å². The van der Waals surface area contributed by atoms with Crippen LogP contribution in [0.3, 0.4) is 0 Å². The van der Waals surface area contributed by atoms with E-state index in [9.17, 15) is 4.79 Å². The Labute approximate surface area is 113 Å². The van der Waals surface area contributed by atoms with Crippen LogP contribution in [0.15, 0.2) is 24.3 Å². The number of hydrogen-bond acceptors (Lipinski definition) is 3. The topological polar surface area (TPSA) is 35.5 Å². The first-order valence-corrected chi connectivity index (χ1v) is 6.29. The van der Waals surface area contributed by atoms with Gasteiger partial charge in [-0.15, -0.1) is 0 Å². The van der Waals surface area contributed by atoms with E-state index in [1.807, 2.05) is 45.0 Å². The van der Waals surface area contributed by atoms with Crippen molar-refractivity contribution in [3.63, 3.8) is 0 Å². The summed E-state index contributed by atoms with van der Waals surface area (Å²) in [6.45, 7) is 6.37. The van der Waals surface area contributed by atoms with E-state index in [0.29, 0.717) is 18.2 Å². The lowest BCUT2D eigenvalue weighted by Crippen LogP contribution is -2.24. The van der Waals surface area contributed by atoms with Crippen LogP contribution in [0.2, 0.25) is 5.02 Å². The molecule has 0 fully saturated rings. The van der Waals surface area contributed by atoms with Gasteiger partial charge in [-0.2, -0.15) is 0 Å². The zero-order valence-electron chi connectivity index (χ0n) is 11.0. The van der Waals surface area contributed by atoms with Gasteiger partial charge in [0.2, 0.25) is 0 Å². The highest BCUT2D eigenvalue weighted by Gasteiger charge is 2.15. The number of ether oxygens (including phenoxy) is 2. The summed E-state index contributed by atoms with van der Waals surface area (Å²) < 4.78 is 10.6. The largest absolute Gasteiger partial charge is 0.460 e. The van der Waals surface area contributed by atoms with Gasteiger partial charge in [0.05, 0.1) is 19.6 Å². The first-order valence-electron chi connectivity index (χ1n) is 5.91. The molecule has 0 unspecified atom stereocenters. The maximum absolute atomic E-state index is 11.4. The Morgan fingerprint density at radius 1 is 1.22 bits per heavy atom. The van der Waals surface area contributed by atoms with E-state index in [4.69, 9.17) is 21.1 Å². The summed E-state index contributed by atoms with van der Waals surface area (Å²) in [4.78, 5) is 11.4. The van der Waals surface area contributed by atoms with Crippen LogP contribution in [0.25, 0.3) is 0 Å². The molecule has 0 aliphatic carbocycles. The minimum absolute atomic E-state index is 0.237. The zero-order chi connectivity index (χ0) is 13.6. The summed E-state index contributed by atoms with van der Waals surface area (Å²) in [5.74, 6) is -0.237. The average molecular weight is 271 g/mol. The van der Waals surface area contributed by atoms with Gasteiger partial charge in [-0.3, -0.25) is 4.79 Å². The third-order valence-corrected chi connectivity index (χ3v) is 2.30. The summed E-state index contributed by atoms with van der Waals surface area (Å²) in [6.07, 6.45) is 0.269. The number of hydrogen-bond donors (Lipinski definition) is 0. The number of esters is 1. The molecular weight excluding hydrogens is 252 g/mol. The molecule has 0 radical (unpaired) electrons. The van der Waals surface area contributed by atoms with Crippen molar-refractivity contribution in [2.45, 2.75) is 39.4 Å². The molecule has 18 heavy (non-hydrogen) atoms. The van der Waals surface area contributed by atoms with Crippen LogP contribution in [0.5, 0.6) is 0 Å². The van der Waals surface area contributed by atoms with Crippen LogP contribution < -0.4 is 0 Å². The van der Waals surface area contributed by atoms with Crippen molar-refractivity contribution in [3.05, 3.63) is 34.9 Å². The number of halogens is 1. The minimum atomic E-state index is -0.437. The van der Waals surface area contributed by atoms with Crippen LogP contribution in [-0.4, -0.2) is 18.2 Å². The molecule has 4 heteroatoms. The van der Waals surface area contributed by atoms with Crippen LogP contribution in [0.4, 0.5) is 0 Å². The van der Waals surface area contributed by atoms with Gasteiger partial charge in [-0.05, 0) is 38.5 Å². The lowest BCUT2D eigenvalue weighted by atomic mass is 10.2.